The molecule has 2 N–H and O–H groups in total. The van der Waals surface area contributed by atoms with Gasteiger partial charge in [0.15, 0.2) is 0 Å². The number of carboxylic acids is 1. The van der Waals surface area contributed by atoms with Crippen LogP contribution in [0.15, 0.2) is 17.2 Å². The molecule has 2 aromatic rings. The van der Waals surface area contributed by atoms with Crippen LogP contribution in [0, 0.1) is 6.92 Å². The lowest BCUT2D eigenvalue weighted by Gasteiger charge is -2.17. The van der Waals surface area contributed by atoms with E-state index in [1.165, 1.54) is 6.07 Å². The van der Waals surface area contributed by atoms with Crippen molar-refractivity contribution in [3.63, 3.8) is 0 Å². The van der Waals surface area contributed by atoms with E-state index in [9.17, 15) is 24.3 Å². The summed E-state index contributed by atoms with van der Waals surface area (Å²) < 4.78 is 21.1. The Balaban J connectivity index is 1.46. The Labute approximate surface area is 210 Å². The lowest BCUT2D eigenvalue weighted by molar-refractivity contribution is 0.000160. The highest BCUT2D eigenvalue weighted by Crippen LogP contribution is 2.35. The summed E-state index contributed by atoms with van der Waals surface area (Å²) in [5.41, 5.74) is 7.95. The van der Waals surface area contributed by atoms with Gasteiger partial charge >= 0.3 is 5.97 Å². The number of aromatic amines is 1. The zero-order valence-electron chi connectivity index (χ0n) is 20.0. The van der Waals surface area contributed by atoms with E-state index >= 15 is 0 Å². The van der Waals surface area contributed by atoms with Crippen LogP contribution in [0.3, 0.4) is 0 Å². The largest absolute Gasteiger partial charge is 0.478 e. The standard InChI is InChI=1S/C23H25N5O9/c1-13-10-15-19(26-13)18-14(23(32)33)11-16(27-20(18)22(31)21(15)30)17(29)12-37-9-8-36-7-6-35-5-4-34-3-2-25-28-24/h10-11,26H,2-9,12H2,1H3,(H,32,33). The summed E-state index contributed by atoms with van der Waals surface area (Å²) in [6, 6.07) is 2.54. The Kier molecular flexibility index (Phi) is 10.0. The van der Waals surface area contributed by atoms with Gasteiger partial charge in [-0.2, -0.15) is 0 Å². The first-order valence-corrected chi connectivity index (χ1v) is 11.3. The van der Waals surface area contributed by atoms with E-state index in [2.05, 4.69) is 20.0 Å². The van der Waals surface area contributed by atoms with Crippen LogP contribution in [-0.2, 0) is 18.9 Å². The van der Waals surface area contributed by atoms with Crippen molar-refractivity contribution in [2.45, 2.75) is 6.92 Å². The third-order valence-corrected chi connectivity index (χ3v) is 5.15. The lowest BCUT2D eigenvalue weighted by atomic mass is 9.88. The predicted molar refractivity (Wildman–Crippen MR) is 126 cm³/mol. The zero-order valence-corrected chi connectivity index (χ0v) is 20.0. The first kappa shape index (κ1) is 27.6. The van der Waals surface area contributed by atoms with Gasteiger partial charge in [-0.15, -0.1) is 0 Å². The van der Waals surface area contributed by atoms with E-state index in [1.807, 2.05) is 0 Å². The number of nitrogens with zero attached hydrogens (tertiary/aromatic N) is 4. The third kappa shape index (κ3) is 7.06. The fourth-order valence-corrected chi connectivity index (χ4v) is 3.52. The quantitative estimate of drug-likeness (QED) is 0.0831. The molecule has 0 aromatic carbocycles. The highest BCUT2D eigenvalue weighted by Gasteiger charge is 2.37. The molecule has 0 saturated carbocycles. The Morgan fingerprint density at radius 2 is 1.62 bits per heavy atom. The maximum absolute atomic E-state index is 12.6. The van der Waals surface area contributed by atoms with Gasteiger partial charge in [-0.3, -0.25) is 14.4 Å². The summed E-state index contributed by atoms with van der Waals surface area (Å²) in [5.74, 6) is -3.82. The number of hydrogen-bond acceptors (Lipinski definition) is 10. The molecule has 196 valence electrons. The van der Waals surface area contributed by atoms with Crippen LogP contribution >= 0.6 is 0 Å². The van der Waals surface area contributed by atoms with Crippen molar-refractivity contribution in [3.8, 4) is 11.3 Å². The van der Waals surface area contributed by atoms with E-state index in [1.54, 1.807) is 6.92 Å². The molecular formula is C23H25N5O9. The number of aromatic nitrogens is 2. The summed E-state index contributed by atoms with van der Waals surface area (Å²) in [4.78, 5) is 59.1. The highest BCUT2D eigenvalue weighted by atomic mass is 16.6. The summed E-state index contributed by atoms with van der Waals surface area (Å²) >= 11 is 0. The molecular weight excluding hydrogens is 490 g/mol. The topological polar surface area (TPSA) is 203 Å². The Morgan fingerprint density at radius 1 is 1.00 bits per heavy atom. The number of carbonyl (C=O) groups is 4. The molecule has 0 spiro atoms. The second-order valence-corrected chi connectivity index (χ2v) is 7.75. The maximum atomic E-state index is 12.6. The van der Waals surface area contributed by atoms with E-state index in [0.717, 1.165) is 6.07 Å². The Morgan fingerprint density at radius 3 is 2.24 bits per heavy atom. The number of carboxylic acid groups (broad SMARTS) is 1. The number of ether oxygens (including phenoxy) is 4. The molecule has 14 nitrogen and oxygen atoms in total. The van der Waals surface area contributed by atoms with Gasteiger partial charge in [-0.05, 0) is 24.6 Å². The summed E-state index contributed by atoms with van der Waals surface area (Å²) in [7, 11) is 0. The molecule has 1 aliphatic rings. The number of aromatic carboxylic acids is 1. The minimum atomic E-state index is -1.37. The number of H-pyrrole nitrogens is 1. The highest BCUT2D eigenvalue weighted by molar-refractivity contribution is 6.52. The maximum Gasteiger partial charge on any atom is 0.336 e. The molecule has 0 unspecified atom stereocenters. The minimum Gasteiger partial charge on any atom is -0.478 e. The van der Waals surface area contributed by atoms with Crippen molar-refractivity contribution in [3.05, 3.63) is 50.8 Å². The smallest absolute Gasteiger partial charge is 0.336 e. The molecule has 0 radical (unpaired) electrons. The van der Waals surface area contributed by atoms with Crippen molar-refractivity contribution in [1.82, 2.24) is 9.97 Å². The van der Waals surface area contributed by atoms with Crippen molar-refractivity contribution < 1.29 is 43.2 Å². The number of ketones is 3. The number of rotatable bonds is 16. The SMILES string of the molecule is Cc1cc2c([nH]1)-c1c(C(=O)O)cc(C(=O)COCCOCCOCCOCCN=[N+]=[N-])nc1C(=O)C2=O. The van der Waals surface area contributed by atoms with Gasteiger partial charge in [0.25, 0.3) is 5.78 Å². The molecule has 2 aromatic heterocycles. The molecule has 1 aliphatic carbocycles. The molecule has 37 heavy (non-hydrogen) atoms. The number of aryl methyl sites for hydroxylation is 1. The van der Waals surface area contributed by atoms with Crippen LogP contribution in [0.2, 0.25) is 0 Å². The first-order valence-electron chi connectivity index (χ1n) is 11.3. The molecule has 3 rings (SSSR count). The van der Waals surface area contributed by atoms with Gasteiger partial charge < -0.3 is 29.0 Å². The molecule has 2 heterocycles. The number of fused-ring (bicyclic) bond motifs is 3. The fourth-order valence-electron chi connectivity index (χ4n) is 3.52. The van der Waals surface area contributed by atoms with Crippen LogP contribution in [0.4, 0.5) is 0 Å². The van der Waals surface area contributed by atoms with Crippen molar-refractivity contribution in [2.75, 3.05) is 59.4 Å². The van der Waals surface area contributed by atoms with E-state index in [-0.39, 0.29) is 53.5 Å². The minimum absolute atomic E-state index is 0.0204. The van der Waals surface area contributed by atoms with Gasteiger partial charge in [0, 0.05) is 22.7 Å². The average Bonchev–Trinajstić information content (AvgIpc) is 3.28. The van der Waals surface area contributed by atoms with Gasteiger partial charge in [0.2, 0.25) is 11.6 Å². The molecule has 0 saturated heterocycles. The predicted octanol–water partition coefficient (Wildman–Crippen LogP) is 2.02. The molecule has 0 fully saturated rings. The first-order chi connectivity index (χ1) is 17.8. The average molecular weight is 515 g/mol. The third-order valence-electron chi connectivity index (χ3n) is 5.15. The Bertz CT molecular complexity index is 1230. The van der Waals surface area contributed by atoms with Crippen LogP contribution in [0.5, 0.6) is 0 Å². The zero-order chi connectivity index (χ0) is 26.8. The molecule has 0 amide bonds. The lowest BCUT2D eigenvalue weighted by Crippen LogP contribution is -2.26. The summed E-state index contributed by atoms with van der Waals surface area (Å²) in [6.45, 7) is 3.42. The number of pyridine rings is 1. The van der Waals surface area contributed by atoms with Gasteiger partial charge in [-0.1, -0.05) is 5.11 Å². The second-order valence-electron chi connectivity index (χ2n) is 7.75. The van der Waals surface area contributed by atoms with Crippen LogP contribution in [0.1, 0.15) is 47.4 Å². The van der Waals surface area contributed by atoms with Gasteiger partial charge in [0.1, 0.15) is 18.0 Å². The van der Waals surface area contributed by atoms with Crippen molar-refractivity contribution >= 4 is 23.3 Å². The number of hydrogen-bond donors (Lipinski definition) is 2. The number of nitrogens with one attached hydrogen (secondary N) is 1. The summed E-state index contributed by atoms with van der Waals surface area (Å²) in [6.07, 6.45) is 0. The fraction of sp³-hybridized carbons (Fsp3) is 0.435. The summed E-state index contributed by atoms with van der Waals surface area (Å²) in [5, 5.41) is 13.0. The Hall–Kier alpha value is -3.94. The molecule has 0 bridgehead atoms. The van der Waals surface area contributed by atoms with E-state index in [0.29, 0.717) is 38.7 Å². The monoisotopic (exact) mass is 515 g/mol. The molecule has 0 atom stereocenters. The van der Waals surface area contributed by atoms with Crippen LogP contribution in [0.25, 0.3) is 21.7 Å². The molecule has 0 aliphatic heterocycles. The number of Topliss-reactive ketones (excluding diaryl/α,β-unsaturated/α-hetero) is 3. The molecule has 14 heteroatoms. The number of azide groups is 1. The van der Waals surface area contributed by atoms with E-state index < -0.39 is 29.9 Å². The second kappa shape index (κ2) is 13.4. The van der Waals surface area contributed by atoms with Crippen LogP contribution in [-0.4, -0.2) is 97.8 Å². The van der Waals surface area contributed by atoms with Crippen molar-refractivity contribution in [2.24, 2.45) is 5.11 Å². The van der Waals surface area contributed by atoms with Crippen LogP contribution < -0.4 is 0 Å². The van der Waals surface area contributed by atoms with Crippen molar-refractivity contribution in [1.29, 1.82) is 0 Å². The number of carbonyl (C=O) groups excluding carboxylic acids is 3. The normalized spacial score (nSPS) is 12.1. The van der Waals surface area contributed by atoms with Gasteiger partial charge in [-0.25, -0.2) is 9.78 Å². The van der Waals surface area contributed by atoms with E-state index in [4.69, 9.17) is 24.5 Å². The van der Waals surface area contributed by atoms with Gasteiger partial charge in [0.05, 0.1) is 63.1 Å².